The molecule has 3 aliphatic carbocycles. The third kappa shape index (κ3) is 1.13. The summed E-state index contributed by atoms with van der Waals surface area (Å²) in [6.07, 6.45) is 13.8. The minimum absolute atomic E-state index is 0.557. The van der Waals surface area contributed by atoms with E-state index in [0.717, 1.165) is 0 Å². The SMILES string of the molecule is CC1=CC=C2C=Cc3cccc4c3C2C1C=C4. The average Bonchev–Trinajstić information content (AvgIpc) is 2.38. The lowest BCUT2D eigenvalue weighted by molar-refractivity contribution is 0.630. The molecule has 0 aromatic heterocycles. The molecule has 4 rings (SSSR count). The zero-order valence-corrected chi connectivity index (χ0v) is 9.85. The van der Waals surface area contributed by atoms with Crippen molar-refractivity contribution in [1.29, 1.82) is 0 Å². The lowest BCUT2D eigenvalue weighted by atomic mass is 9.67. The monoisotopic (exact) mass is 218 g/mol. The Morgan fingerprint density at radius 1 is 0.941 bits per heavy atom. The molecule has 17 heavy (non-hydrogen) atoms. The zero-order chi connectivity index (χ0) is 11.4. The molecule has 1 aromatic rings. The summed E-state index contributed by atoms with van der Waals surface area (Å²) in [7, 11) is 0. The van der Waals surface area contributed by atoms with Gasteiger partial charge in [0.05, 0.1) is 0 Å². The summed E-state index contributed by atoms with van der Waals surface area (Å²) in [5, 5.41) is 0. The highest BCUT2D eigenvalue weighted by molar-refractivity contribution is 5.74. The molecule has 0 fully saturated rings. The molecule has 82 valence electrons. The Balaban J connectivity index is 2.07. The van der Waals surface area contributed by atoms with Crippen LogP contribution in [0.5, 0.6) is 0 Å². The maximum atomic E-state index is 2.37. The molecule has 0 heteroatoms. The van der Waals surface area contributed by atoms with Gasteiger partial charge >= 0.3 is 0 Å². The van der Waals surface area contributed by atoms with Gasteiger partial charge in [0.25, 0.3) is 0 Å². The van der Waals surface area contributed by atoms with Crippen LogP contribution in [0.1, 0.15) is 29.5 Å². The van der Waals surface area contributed by atoms with E-state index in [1.807, 2.05) is 0 Å². The predicted molar refractivity (Wildman–Crippen MR) is 72.6 cm³/mol. The summed E-state index contributed by atoms with van der Waals surface area (Å²) in [4.78, 5) is 0. The van der Waals surface area contributed by atoms with Crippen molar-refractivity contribution in [3.05, 3.63) is 70.3 Å². The van der Waals surface area contributed by atoms with Crippen LogP contribution in [-0.2, 0) is 0 Å². The minimum Gasteiger partial charge on any atom is -0.0758 e. The molecule has 2 unspecified atom stereocenters. The van der Waals surface area contributed by atoms with Gasteiger partial charge in [-0.3, -0.25) is 0 Å². The molecule has 0 spiro atoms. The van der Waals surface area contributed by atoms with E-state index in [4.69, 9.17) is 0 Å². The van der Waals surface area contributed by atoms with Crippen LogP contribution in [0.25, 0.3) is 12.2 Å². The largest absolute Gasteiger partial charge is 0.0758 e. The summed E-state index contributed by atoms with van der Waals surface area (Å²) in [5.74, 6) is 1.12. The Bertz CT molecular complexity index is 623. The average molecular weight is 218 g/mol. The minimum atomic E-state index is 0.557. The van der Waals surface area contributed by atoms with Crippen LogP contribution in [0.15, 0.2) is 53.6 Å². The van der Waals surface area contributed by atoms with E-state index in [-0.39, 0.29) is 0 Å². The maximum Gasteiger partial charge on any atom is 0.0201 e. The van der Waals surface area contributed by atoms with Crippen LogP contribution < -0.4 is 0 Å². The van der Waals surface area contributed by atoms with Crippen molar-refractivity contribution in [2.75, 3.05) is 0 Å². The first-order chi connectivity index (χ1) is 8.34. The molecule has 0 heterocycles. The Morgan fingerprint density at radius 3 is 2.65 bits per heavy atom. The van der Waals surface area contributed by atoms with E-state index in [2.05, 4.69) is 61.6 Å². The maximum absolute atomic E-state index is 2.37. The number of allylic oxidation sites excluding steroid dienone is 6. The molecule has 0 N–H and O–H groups in total. The van der Waals surface area contributed by atoms with Gasteiger partial charge in [-0.25, -0.2) is 0 Å². The molecule has 0 bridgehead atoms. The summed E-state index contributed by atoms with van der Waals surface area (Å²) < 4.78 is 0. The first kappa shape index (κ1) is 9.23. The van der Waals surface area contributed by atoms with Crippen LogP contribution in [0.3, 0.4) is 0 Å². The number of rotatable bonds is 0. The molecular weight excluding hydrogens is 204 g/mol. The highest BCUT2D eigenvalue weighted by Crippen LogP contribution is 2.48. The van der Waals surface area contributed by atoms with E-state index in [0.29, 0.717) is 11.8 Å². The smallest absolute Gasteiger partial charge is 0.0201 e. The van der Waals surface area contributed by atoms with Gasteiger partial charge in [0.1, 0.15) is 0 Å². The molecule has 0 saturated carbocycles. The Morgan fingerprint density at radius 2 is 1.76 bits per heavy atom. The van der Waals surface area contributed by atoms with Crippen molar-refractivity contribution < 1.29 is 0 Å². The zero-order valence-electron chi connectivity index (χ0n) is 9.85. The lowest BCUT2D eigenvalue weighted by Gasteiger charge is -2.37. The van der Waals surface area contributed by atoms with Gasteiger partial charge < -0.3 is 0 Å². The topological polar surface area (TPSA) is 0 Å². The van der Waals surface area contributed by atoms with Gasteiger partial charge in [-0.05, 0) is 29.2 Å². The Labute approximate surface area is 102 Å². The highest BCUT2D eigenvalue weighted by atomic mass is 14.4. The van der Waals surface area contributed by atoms with Gasteiger partial charge in [-0.15, -0.1) is 0 Å². The van der Waals surface area contributed by atoms with Crippen molar-refractivity contribution in [2.45, 2.75) is 12.8 Å². The van der Waals surface area contributed by atoms with Crippen LogP contribution in [0.4, 0.5) is 0 Å². The van der Waals surface area contributed by atoms with E-state index in [9.17, 15) is 0 Å². The summed E-state index contributed by atoms with van der Waals surface area (Å²) >= 11 is 0. The second kappa shape index (κ2) is 3.10. The van der Waals surface area contributed by atoms with E-state index < -0.39 is 0 Å². The fourth-order valence-electron chi connectivity index (χ4n) is 3.33. The molecular formula is C17H14. The molecule has 0 amide bonds. The first-order valence-corrected chi connectivity index (χ1v) is 6.22. The normalized spacial score (nSPS) is 27.4. The third-order valence-electron chi connectivity index (χ3n) is 4.21. The standard InChI is InChI=1S/C17H14/c1-11-5-6-14-8-7-12-3-2-4-13-9-10-15(11)17(14)16(12)13/h2-10,15,17H,1H3. The second-order valence-electron chi connectivity index (χ2n) is 5.12. The van der Waals surface area contributed by atoms with Gasteiger partial charge in [-0.2, -0.15) is 0 Å². The van der Waals surface area contributed by atoms with Crippen molar-refractivity contribution in [3.63, 3.8) is 0 Å². The number of hydrogen-bond acceptors (Lipinski definition) is 0. The number of benzene rings is 1. The number of hydrogen-bond donors (Lipinski definition) is 0. The molecule has 2 atom stereocenters. The van der Waals surface area contributed by atoms with Gasteiger partial charge in [-0.1, -0.05) is 60.2 Å². The van der Waals surface area contributed by atoms with Crippen molar-refractivity contribution in [1.82, 2.24) is 0 Å². The van der Waals surface area contributed by atoms with Gasteiger partial charge in [0, 0.05) is 11.8 Å². The molecule has 0 aliphatic heterocycles. The Hall–Kier alpha value is -1.82. The van der Waals surface area contributed by atoms with E-state index >= 15 is 0 Å². The van der Waals surface area contributed by atoms with Crippen molar-refractivity contribution >= 4 is 12.2 Å². The summed E-state index contributed by atoms with van der Waals surface area (Å²) in [6.45, 7) is 2.24. The van der Waals surface area contributed by atoms with Gasteiger partial charge in [0.2, 0.25) is 0 Å². The molecule has 0 nitrogen and oxygen atoms in total. The van der Waals surface area contributed by atoms with Crippen molar-refractivity contribution in [2.24, 2.45) is 5.92 Å². The highest BCUT2D eigenvalue weighted by Gasteiger charge is 2.33. The van der Waals surface area contributed by atoms with E-state index in [1.54, 1.807) is 0 Å². The van der Waals surface area contributed by atoms with Crippen LogP contribution in [0.2, 0.25) is 0 Å². The lowest BCUT2D eigenvalue weighted by Crippen LogP contribution is -2.22. The van der Waals surface area contributed by atoms with E-state index in [1.165, 1.54) is 27.8 Å². The summed E-state index contributed by atoms with van der Waals surface area (Å²) in [5.41, 5.74) is 7.26. The first-order valence-electron chi connectivity index (χ1n) is 6.22. The fraction of sp³-hybridized carbons (Fsp3) is 0.176. The third-order valence-corrected chi connectivity index (χ3v) is 4.21. The molecule has 3 aliphatic rings. The second-order valence-corrected chi connectivity index (χ2v) is 5.12. The van der Waals surface area contributed by atoms with Crippen molar-refractivity contribution in [3.8, 4) is 0 Å². The predicted octanol–water partition coefficient (Wildman–Crippen LogP) is 4.33. The quantitative estimate of drug-likeness (QED) is 0.608. The van der Waals surface area contributed by atoms with Crippen LogP contribution in [-0.4, -0.2) is 0 Å². The molecule has 1 aromatic carbocycles. The van der Waals surface area contributed by atoms with Crippen LogP contribution >= 0.6 is 0 Å². The Kier molecular flexibility index (Phi) is 1.69. The van der Waals surface area contributed by atoms with Gasteiger partial charge in [0.15, 0.2) is 0 Å². The molecule has 0 radical (unpaired) electrons. The van der Waals surface area contributed by atoms with Crippen LogP contribution in [0, 0.1) is 5.92 Å². The fourth-order valence-corrected chi connectivity index (χ4v) is 3.33. The summed E-state index contributed by atoms with van der Waals surface area (Å²) in [6, 6.07) is 6.62. The molecule has 0 saturated heterocycles.